The monoisotopic (exact) mass is 328 g/mol. The molecule has 0 aliphatic heterocycles. The fourth-order valence-corrected chi connectivity index (χ4v) is 2.01. The number of hydrogen-bond donors (Lipinski definition) is 0. The van der Waals surface area contributed by atoms with Crippen LogP contribution in [0.5, 0.6) is 0 Å². The quantitative estimate of drug-likeness (QED) is 0.753. The zero-order valence-corrected chi connectivity index (χ0v) is 12.7. The van der Waals surface area contributed by atoms with Gasteiger partial charge in [-0.2, -0.15) is 0 Å². The fourth-order valence-electron chi connectivity index (χ4n) is 1.63. The number of halogens is 1. The second kappa shape index (κ2) is 7.94. The van der Waals surface area contributed by atoms with E-state index >= 15 is 0 Å². The third-order valence-corrected chi connectivity index (χ3v) is 3.37. The van der Waals surface area contributed by atoms with Crippen LogP contribution in [-0.2, 0) is 31.9 Å². The SMILES string of the molecule is CCOC(=O)CCc1ccc(Br)c(CC(=O)OC)c1. The molecule has 0 aliphatic rings. The first-order chi connectivity index (χ1) is 9.06. The molecule has 0 heterocycles. The topological polar surface area (TPSA) is 52.6 Å². The van der Waals surface area contributed by atoms with Crippen molar-refractivity contribution in [1.29, 1.82) is 0 Å². The van der Waals surface area contributed by atoms with E-state index in [0.29, 0.717) is 19.4 Å². The summed E-state index contributed by atoms with van der Waals surface area (Å²) in [6.45, 7) is 2.18. The number of hydrogen-bond acceptors (Lipinski definition) is 4. The summed E-state index contributed by atoms with van der Waals surface area (Å²) < 4.78 is 10.4. The van der Waals surface area contributed by atoms with E-state index in [-0.39, 0.29) is 18.4 Å². The van der Waals surface area contributed by atoms with Crippen molar-refractivity contribution in [2.24, 2.45) is 0 Å². The Morgan fingerprint density at radius 1 is 1.26 bits per heavy atom. The van der Waals surface area contributed by atoms with Gasteiger partial charge in [-0.1, -0.05) is 28.1 Å². The highest BCUT2D eigenvalue weighted by Crippen LogP contribution is 2.20. The summed E-state index contributed by atoms with van der Waals surface area (Å²) in [5.74, 6) is -0.497. The van der Waals surface area contributed by atoms with Gasteiger partial charge in [0.25, 0.3) is 0 Å². The van der Waals surface area contributed by atoms with Crippen LogP contribution in [0.2, 0.25) is 0 Å². The number of esters is 2. The van der Waals surface area contributed by atoms with E-state index in [0.717, 1.165) is 15.6 Å². The van der Waals surface area contributed by atoms with Gasteiger partial charge in [0.05, 0.1) is 20.1 Å². The molecule has 0 saturated carbocycles. The van der Waals surface area contributed by atoms with Gasteiger partial charge in [-0.15, -0.1) is 0 Å². The molecule has 1 aromatic carbocycles. The lowest BCUT2D eigenvalue weighted by Crippen LogP contribution is -2.07. The Morgan fingerprint density at radius 2 is 2.00 bits per heavy atom. The maximum absolute atomic E-state index is 11.3. The van der Waals surface area contributed by atoms with Crippen LogP contribution >= 0.6 is 15.9 Å². The maximum Gasteiger partial charge on any atom is 0.310 e. The van der Waals surface area contributed by atoms with E-state index in [9.17, 15) is 9.59 Å². The Hall–Kier alpha value is -1.36. The van der Waals surface area contributed by atoms with Crippen molar-refractivity contribution in [2.45, 2.75) is 26.2 Å². The van der Waals surface area contributed by atoms with Crippen LogP contribution in [-0.4, -0.2) is 25.7 Å². The predicted octanol–water partition coefficient (Wildman–Crippen LogP) is 2.66. The summed E-state index contributed by atoms with van der Waals surface area (Å²) >= 11 is 3.39. The van der Waals surface area contributed by atoms with Crippen molar-refractivity contribution in [2.75, 3.05) is 13.7 Å². The molecule has 0 radical (unpaired) electrons. The number of aryl methyl sites for hydroxylation is 1. The largest absolute Gasteiger partial charge is 0.469 e. The fraction of sp³-hybridized carbons (Fsp3) is 0.429. The van der Waals surface area contributed by atoms with Crippen LogP contribution in [0.25, 0.3) is 0 Å². The average Bonchev–Trinajstić information content (AvgIpc) is 2.39. The molecule has 5 heteroatoms. The Balaban J connectivity index is 2.67. The third kappa shape index (κ3) is 5.42. The first-order valence-electron chi connectivity index (χ1n) is 6.06. The van der Waals surface area contributed by atoms with Gasteiger partial charge in [-0.25, -0.2) is 0 Å². The molecule has 4 nitrogen and oxygen atoms in total. The minimum Gasteiger partial charge on any atom is -0.469 e. The van der Waals surface area contributed by atoms with Gasteiger partial charge in [0.1, 0.15) is 0 Å². The smallest absolute Gasteiger partial charge is 0.310 e. The highest BCUT2D eigenvalue weighted by molar-refractivity contribution is 9.10. The molecule has 1 rings (SSSR count). The van der Waals surface area contributed by atoms with Crippen LogP contribution in [0.3, 0.4) is 0 Å². The highest BCUT2D eigenvalue weighted by atomic mass is 79.9. The molecule has 0 aliphatic carbocycles. The molecule has 1 aromatic rings. The van der Waals surface area contributed by atoms with Crippen molar-refractivity contribution in [3.05, 3.63) is 33.8 Å². The van der Waals surface area contributed by atoms with Crippen LogP contribution in [0.15, 0.2) is 22.7 Å². The van der Waals surface area contributed by atoms with Crippen molar-refractivity contribution < 1.29 is 19.1 Å². The van der Waals surface area contributed by atoms with Gasteiger partial charge in [0.2, 0.25) is 0 Å². The molecular formula is C14H17BrO4. The molecule has 104 valence electrons. The molecule has 19 heavy (non-hydrogen) atoms. The normalized spacial score (nSPS) is 10.1. The van der Waals surface area contributed by atoms with Crippen LogP contribution in [0.4, 0.5) is 0 Å². The molecule has 0 unspecified atom stereocenters. The van der Waals surface area contributed by atoms with Crippen molar-refractivity contribution in [1.82, 2.24) is 0 Å². The summed E-state index contributed by atoms with van der Waals surface area (Å²) in [6.07, 6.45) is 1.15. The van der Waals surface area contributed by atoms with Crippen molar-refractivity contribution in [3.63, 3.8) is 0 Å². The highest BCUT2D eigenvalue weighted by Gasteiger charge is 2.09. The second-order valence-electron chi connectivity index (χ2n) is 3.98. The molecular weight excluding hydrogens is 312 g/mol. The van der Waals surface area contributed by atoms with E-state index in [1.54, 1.807) is 6.92 Å². The summed E-state index contributed by atoms with van der Waals surface area (Å²) in [5.41, 5.74) is 1.85. The Kier molecular flexibility index (Phi) is 6.56. The van der Waals surface area contributed by atoms with Crippen LogP contribution in [0, 0.1) is 0 Å². The Morgan fingerprint density at radius 3 is 2.63 bits per heavy atom. The minimum atomic E-state index is -0.289. The number of methoxy groups -OCH3 is 1. The number of benzene rings is 1. The summed E-state index contributed by atoms with van der Waals surface area (Å²) in [5, 5.41) is 0. The molecule has 0 bridgehead atoms. The molecule has 0 atom stereocenters. The molecule has 0 N–H and O–H groups in total. The van der Waals surface area contributed by atoms with E-state index < -0.39 is 0 Å². The van der Waals surface area contributed by atoms with Gasteiger partial charge in [0.15, 0.2) is 0 Å². The molecule has 0 aromatic heterocycles. The summed E-state index contributed by atoms with van der Waals surface area (Å²) in [7, 11) is 1.36. The van der Waals surface area contributed by atoms with E-state index in [4.69, 9.17) is 4.74 Å². The molecule has 0 fully saturated rings. The lowest BCUT2D eigenvalue weighted by Gasteiger charge is -2.07. The lowest BCUT2D eigenvalue weighted by molar-refractivity contribution is -0.143. The Bertz CT molecular complexity index is 457. The number of carbonyl (C=O) groups excluding carboxylic acids is 2. The predicted molar refractivity (Wildman–Crippen MR) is 74.8 cm³/mol. The van der Waals surface area contributed by atoms with Crippen molar-refractivity contribution >= 4 is 27.9 Å². The van der Waals surface area contributed by atoms with Crippen molar-refractivity contribution in [3.8, 4) is 0 Å². The standard InChI is InChI=1S/C14H17BrO4/c1-3-19-13(16)7-5-10-4-6-12(15)11(8-10)9-14(17)18-2/h4,6,8H,3,5,7,9H2,1-2H3. The number of rotatable bonds is 6. The third-order valence-electron chi connectivity index (χ3n) is 2.60. The summed E-state index contributed by atoms with van der Waals surface area (Å²) in [6, 6.07) is 5.70. The lowest BCUT2D eigenvalue weighted by atomic mass is 10.0. The van der Waals surface area contributed by atoms with Gasteiger partial charge in [-0.3, -0.25) is 9.59 Å². The number of ether oxygens (including phenoxy) is 2. The van der Waals surface area contributed by atoms with E-state index in [2.05, 4.69) is 20.7 Å². The van der Waals surface area contributed by atoms with Crippen LogP contribution in [0.1, 0.15) is 24.5 Å². The first-order valence-corrected chi connectivity index (χ1v) is 6.85. The van der Waals surface area contributed by atoms with E-state index in [1.807, 2.05) is 18.2 Å². The molecule has 0 amide bonds. The molecule has 0 spiro atoms. The Labute approximate surface area is 121 Å². The minimum absolute atomic E-state index is 0.208. The van der Waals surface area contributed by atoms with Gasteiger partial charge in [0, 0.05) is 10.9 Å². The average molecular weight is 329 g/mol. The second-order valence-corrected chi connectivity index (χ2v) is 4.84. The van der Waals surface area contributed by atoms with Crippen LogP contribution < -0.4 is 0 Å². The zero-order chi connectivity index (χ0) is 14.3. The first kappa shape index (κ1) is 15.7. The molecule has 0 saturated heterocycles. The number of carbonyl (C=O) groups is 2. The maximum atomic E-state index is 11.3. The van der Waals surface area contributed by atoms with Gasteiger partial charge in [-0.05, 0) is 30.5 Å². The van der Waals surface area contributed by atoms with Gasteiger partial charge < -0.3 is 9.47 Å². The van der Waals surface area contributed by atoms with Gasteiger partial charge >= 0.3 is 11.9 Å². The summed E-state index contributed by atoms with van der Waals surface area (Å²) in [4.78, 5) is 22.6. The zero-order valence-electron chi connectivity index (χ0n) is 11.1. The van der Waals surface area contributed by atoms with E-state index in [1.165, 1.54) is 7.11 Å².